The first kappa shape index (κ1) is 19.1. The molecule has 0 spiro atoms. The maximum atomic E-state index is 9.72. The zero-order chi connectivity index (χ0) is 14.7. The summed E-state index contributed by atoms with van der Waals surface area (Å²) in [5.41, 5.74) is 0. The summed E-state index contributed by atoms with van der Waals surface area (Å²) in [5.74, 6) is 0. The molecule has 1 atom stereocenters. The molecule has 5 heteroatoms. The van der Waals surface area contributed by atoms with Gasteiger partial charge in [0.15, 0.2) is 0 Å². The molecule has 19 heavy (non-hydrogen) atoms. The van der Waals surface area contributed by atoms with Crippen LogP contribution in [0.3, 0.4) is 0 Å². The third-order valence-electron chi connectivity index (χ3n) is 3.25. The van der Waals surface area contributed by atoms with Crippen molar-refractivity contribution in [3.8, 4) is 0 Å². The predicted molar refractivity (Wildman–Crippen MR) is 82.7 cm³/mol. The molecule has 0 radical (unpaired) electrons. The number of hydrogen-bond acceptors (Lipinski definition) is 4. The highest BCUT2D eigenvalue weighted by atomic mass is 28.4. The number of rotatable bonds is 12. The van der Waals surface area contributed by atoms with Gasteiger partial charge in [0.05, 0.1) is 6.61 Å². The van der Waals surface area contributed by atoms with Crippen molar-refractivity contribution in [2.75, 3.05) is 32.9 Å². The van der Waals surface area contributed by atoms with Gasteiger partial charge < -0.3 is 14.0 Å². The Labute approximate surface area is 120 Å². The Morgan fingerprint density at radius 1 is 1.00 bits per heavy atom. The number of aliphatic hydroxyl groups excluding tert-OH is 1. The quantitative estimate of drug-likeness (QED) is 0.561. The summed E-state index contributed by atoms with van der Waals surface area (Å²) in [6.07, 6.45) is 2.22. The lowest BCUT2D eigenvalue weighted by Gasteiger charge is -2.35. The monoisotopic (exact) mass is 291 g/mol. The van der Waals surface area contributed by atoms with Crippen molar-refractivity contribution < 1.29 is 14.0 Å². The number of aliphatic hydroxyl groups is 1. The van der Waals surface area contributed by atoms with E-state index >= 15 is 0 Å². The van der Waals surface area contributed by atoms with Crippen LogP contribution in [0.4, 0.5) is 0 Å². The van der Waals surface area contributed by atoms with Crippen LogP contribution in [-0.4, -0.2) is 57.5 Å². The Bertz CT molecular complexity index is 205. The lowest BCUT2D eigenvalue weighted by molar-refractivity contribution is 0.115. The fourth-order valence-corrected chi connectivity index (χ4v) is 5.34. The van der Waals surface area contributed by atoms with E-state index in [1.807, 2.05) is 13.8 Å². The van der Waals surface area contributed by atoms with Crippen LogP contribution in [0.2, 0.25) is 12.6 Å². The molecule has 0 fully saturated rings. The van der Waals surface area contributed by atoms with Crippen LogP contribution in [0.15, 0.2) is 0 Å². The van der Waals surface area contributed by atoms with Gasteiger partial charge in [-0.25, -0.2) is 0 Å². The van der Waals surface area contributed by atoms with Gasteiger partial charge in [0, 0.05) is 25.3 Å². The highest BCUT2D eigenvalue weighted by Crippen LogP contribution is 2.20. The minimum Gasteiger partial charge on any atom is -0.395 e. The van der Waals surface area contributed by atoms with E-state index in [4.69, 9.17) is 8.85 Å². The van der Waals surface area contributed by atoms with Gasteiger partial charge in [-0.1, -0.05) is 13.8 Å². The van der Waals surface area contributed by atoms with E-state index < -0.39 is 8.56 Å². The van der Waals surface area contributed by atoms with Gasteiger partial charge in [0.1, 0.15) is 0 Å². The van der Waals surface area contributed by atoms with Crippen LogP contribution in [0, 0.1) is 0 Å². The normalized spacial score (nSPS) is 14.1. The molecule has 0 heterocycles. The fraction of sp³-hybridized carbons (Fsp3) is 1.00. The molecule has 0 aromatic heterocycles. The summed E-state index contributed by atoms with van der Waals surface area (Å²) in [4.78, 5) is 2.38. The minimum absolute atomic E-state index is 0.162. The summed E-state index contributed by atoms with van der Waals surface area (Å²) < 4.78 is 11.8. The van der Waals surface area contributed by atoms with Crippen molar-refractivity contribution in [1.82, 2.24) is 4.90 Å². The summed E-state index contributed by atoms with van der Waals surface area (Å²) >= 11 is 0. The second kappa shape index (κ2) is 10.8. The molecule has 1 unspecified atom stereocenters. The van der Waals surface area contributed by atoms with E-state index in [1.54, 1.807) is 0 Å². The fourth-order valence-electron chi connectivity index (χ4n) is 2.56. The van der Waals surface area contributed by atoms with Crippen LogP contribution >= 0.6 is 0 Å². The van der Waals surface area contributed by atoms with Gasteiger partial charge in [-0.15, -0.1) is 0 Å². The van der Waals surface area contributed by atoms with Crippen molar-refractivity contribution in [3.05, 3.63) is 0 Å². The Kier molecular flexibility index (Phi) is 10.8. The van der Waals surface area contributed by atoms with Crippen LogP contribution in [0.5, 0.6) is 0 Å². The van der Waals surface area contributed by atoms with Crippen LogP contribution < -0.4 is 0 Å². The van der Waals surface area contributed by atoms with Gasteiger partial charge in [-0.3, -0.25) is 4.90 Å². The van der Waals surface area contributed by atoms with Crippen molar-refractivity contribution >= 4 is 8.56 Å². The summed E-state index contributed by atoms with van der Waals surface area (Å²) in [6, 6.07) is 1.00. The van der Waals surface area contributed by atoms with E-state index in [-0.39, 0.29) is 12.6 Å². The average Bonchev–Trinajstić information content (AvgIpc) is 2.36. The molecule has 0 aliphatic rings. The molecule has 4 nitrogen and oxygen atoms in total. The molecule has 116 valence electrons. The lowest BCUT2D eigenvalue weighted by atomic mass is 10.2. The summed E-state index contributed by atoms with van der Waals surface area (Å²) in [6.45, 7) is 14.1. The third-order valence-corrected chi connectivity index (χ3v) is 6.27. The molecule has 1 N–H and O–H groups in total. The molecule has 0 amide bonds. The smallest absolute Gasteiger partial charge is 0.336 e. The van der Waals surface area contributed by atoms with E-state index in [9.17, 15) is 5.11 Å². The van der Waals surface area contributed by atoms with Crippen LogP contribution in [0.25, 0.3) is 0 Å². The molecule has 0 rings (SSSR count). The molecule has 0 aliphatic carbocycles. The van der Waals surface area contributed by atoms with Crippen molar-refractivity contribution in [3.63, 3.8) is 0 Å². The lowest BCUT2D eigenvalue weighted by Crippen LogP contribution is -2.49. The van der Waals surface area contributed by atoms with Crippen molar-refractivity contribution in [2.24, 2.45) is 0 Å². The van der Waals surface area contributed by atoms with Crippen LogP contribution in [0.1, 0.15) is 40.5 Å². The Hall–Kier alpha value is 0.0569. The van der Waals surface area contributed by atoms with Gasteiger partial charge >= 0.3 is 8.56 Å². The van der Waals surface area contributed by atoms with Gasteiger partial charge in [0.2, 0.25) is 0 Å². The topological polar surface area (TPSA) is 41.9 Å². The van der Waals surface area contributed by atoms with Gasteiger partial charge in [-0.2, -0.15) is 0 Å². The first-order valence-electron chi connectivity index (χ1n) is 7.69. The molecule has 0 aromatic rings. The largest absolute Gasteiger partial charge is 0.395 e. The molecule has 0 saturated heterocycles. The Morgan fingerprint density at radius 2 is 1.47 bits per heavy atom. The predicted octanol–water partition coefficient (Wildman–Crippen LogP) is 2.61. The first-order valence-corrected chi connectivity index (χ1v) is 10.2. The molecule has 0 bridgehead atoms. The van der Waals surface area contributed by atoms with Gasteiger partial charge in [0.25, 0.3) is 0 Å². The average molecular weight is 292 g/mol. The summed E-state index contributed by atoms with van der Waals surface area (Å²) in [5, 5.41) is 9.72. The maximum absolute atomic E-state index is 9.72. The van der Waals surface area contributed by atoms with E-state index in [2.05, 4.69) is 25.3 Å². The highest BCUT2D eigenvalue weighted by Gasteiger charge is 2.35. The van der Waals surface area contributed by atoms with E-state index in [0.29, 0.717) is 13.2 Å². The zero-order valence-electron chi connectivity index (χ0n) is 13.4. The van der Waals surface area contributed by atoms with E-state index in [1.165, 1.54) is 0 Å². The van der Waals surface area contributed by atoms with Gasteiger partial charge in [-0.05, 0) is 46.3 Å². The standard InChI is InChI=1S/C14H33NO3Si/c1-6-10-15(11-7-2)14(12-16)13-19(5,17-8-3)18-9-4/h14,16H,6-13H2,1-5H3. The SMILES string of the molecule is CCCN(CCC)C(CO)C[Si](C)(OCC)OCC. The molecular weight excluding hydrogens is 258 g/mol. The Morgan fingerprint density at radius 3 is 1.79 bits per heavy atom. The maximum Gasteiger partial charge on any atom is 0.336 e. The molecule has 0 aromatic carbocycles. The Balaban J connectivity index is 4.70. The summed E-state index contributed by atoms with van der Waals surface area (Å²) in [7, 11) is -2.16. The van der Waals surface area contributed by atoms with Crippen LogP contribution in [-0.2, 0) is 8.85 Å². The third kappa shape index (κ3) is 7.42. The zero-order valence-corrected chi connectivity index (χ0v) is 14.4. The number of hydrogen-bond donors (Lipinski definition) is 1. The molecular formula is C14H33NO3Si. The van der Waals surface area contributed by atoms with Crippen molar-refractivity contribution in [1.29, 1.82) is 0 Å². The molecule has 0 aliphatic heterocycles. The number of nitrogens with zero attached hydrogens (tertiary/aromatic N) is 1. The molecule has 0 saturated carbocycles. The minimum atomic E-state index is -2.16. The van der Waals surface area contributed by atoms with Crippen molar-refractivity contribution in [2.45, 2.75) is 59.2 Å². The second-order valence-corrected chi connectivity index (χ2v) is 8.33. The first-order chi connectivity index (χ1) is 9.06. The van der Waals surface area contributed by atoms with E-state index in [0.717, 1.165) is 32.0 Å². The second-order valence-electron chi connectivity index (χ2n) is 5.08. The highest BCUT2D eigenvalue weighted by molar-refractivity contribution is 6.66.